The van der Waals surface area contributed by atoms with Crippen LogP contribution in [0, 0.1) is 11.6 Å². The van der Waals surface area contributed by atoms with Crippen LogP contribution in [0.5, 0.6) is 0 Å². The third kappa shape index (κ3) is 2.72. The third-order valence-electron chi connectivity index (χ3n) is 4.90. The first-order valence-corrected chi connectivity index (χ1v) is 8.09. The highest BCUT2D eigenvalue weighted by Crippen LogP contribution is 2.33. The molecule has 0 radical (unpaired) electrons. The lowest BCUT2D eigenvalue weighted by atomic mass is 9.93. The number of hydrogen-bond donors (Lipinski definition) is 1. The molecule has 0 bridgehead atoms. The van der Waals surface area contributed by atoms with Crippen LogP contribution in [0.3, 0.4) is 0 Å². The Labute approximate surface area is 139 Å². The largest absolute Gasteiger partial charge is 0.370 e. The van der Waals surface area contributed by atoms with E-state index in [0.29, 0.717) is 13.0 Å². The summed E-state index contributed by atoms with van der Waals surface area (Å²) in [6.07, 6.45) is 2.10. The SMILES string of the molecule is Cn1cc2c(n1)CN([C@H]1COC(c3cc(F)ccc3F)[C@@H](N)C1)C2. The van der Waals surface area contributed by atoms with Gasteiger partial charge in [-0.25, -0.2) is 8.78 Å². The molecule has 1 saturated heterocycles. The zero-order valence-corrected chi connectivity index (χ0v) is 13.5. The smallest absolute Gasteiger partial charge is 0.129 e. The predicted octanol–water partition coefficient (Wildman–Crippen LogP) is 1.87. The maximum Gasteiger partial charge on any atom is 0.129 e. The highest BCUT2D eigenvalue weighted by Gasteiger charge is 2.36. The van der Waals surface area contributed by atoms with Crippen molar-refractivity contribution < 1.29 is 13.5 Å². The monoisotopic (exact) mass is 334 g/mol. The van der Waals surface area contributed by atoms with Gasteiger partial charge in [-0.3, -0.25) is 9.58 Å². The number of aromatic nitrogens is 2. The van der Waals surface area contributed by atoms with Crippen molar-refractivity contribution in [2.24, 2.45) is 12.8 Å². The lowest BCUT2D eigenvalue weighted by Crippen LogP contribution is -2.47. The van der Waals surface area contributed by atoms with Gasteiger partial charge in [0, 0.05) is 49.5 Å². The zero-order chi connectivity index (χ0) is 16.8. The van der Waals surface area contributed by atoms with Gasteiger partial charge >= 0.3 is 0 Å². The molecule has 2 aliphatic rings. The van der Waals surface area contributed by atoms with Crippen LogP contribution in [0.15, 0.2) is 24.4 Å². The van der Waals surface area contributed by atoms with E-state index < -0.39 is 17.7 Å². The van der Waals surface area contributed by atoms with E-state index in [1.54, 1.807) is 0 Å². The van der Waals surface area contributed by atoms with Crippen molar-refractivity contribution in [3.63, 3.8) is 0 Å². The second kappa shape index (κ2) is 5.91. The molecule has 0 aliphatic carbocycles. The number of fused-ring (bicyclic) bond motifs is 1. The van der Waals surface area contributed by atoms with Crippen molar-refractivity contribution in [3.05, 3.63) is 52.9 Å². The van der Waals surface area contributed by atoms with E-state index in [9.17, 15) is 8.78 Å². The van der Waals surface area contributed by atoms with Crippen LogP contribution >= 0.6 is 0 Å². The summed E-state index contributed by atoms with van der Waals surface area (Å²) in [4.78, 5) is 2.29. The molecule has 2 aliphatic heterocycles. The molecule has 1 aromatic heterocycles. The fourth-order valence-corrected chi connectivity index (χ4v) is 3.73. The summed E-state index contributed by atoms with van der Waals surface area (Å²) >= 11 is 0. The molecule has 0 spiro atoms. The number of nitrogens with zero attached hydrogens (tertiary/aromatic N) is 3. The summed E-state index contributed by atoms with van der Waals surface area (Å²) in [6, 6.07) is 3.18. The highest BCUT2D eigenvalue weighted by molar-refractivity contribution is 5.24. The quantitative estimate of drug-likeness (QED) is 0.911. The van der Waals surface area contributed by atoms with Crippen molar-refractivity contribution in [2.45, 2.75) is 37.7 Å². The first-order chi connectivity index (χ1) is 11.5. The van der Waals surface area contributed by atoms with Gasteiger partial charge in [0.15, 0.2) is 0 Å². The average molecular weight is 334 g/mol. The molecule has 24 heavy (non-hydrogen) atoms. The summed E-state index contributed by atoms with van der Waals surface area (Å²) in [5.41, 5.74) is 8.75. The highest BCUT2D eigenvalue weighted by atomic mass is 19.1. The molecule has 1 fully saturated rings. The minimum atomic E-state index is -0.609. The number of hydrogen-bond acceptors (Lipinski definition) is 4. The fourth-order valence-electron chi connectivity index (χ4n) is 3.73. The van der Waals surface area contributed by atoms with Gasteiger partial charge in [-0.05, 0) is 24.6 Å². The van der Waals surface area contributed by atoms with Crippen molar-refractivity contribution in [1.29, 1.82) is 0 Å². The number of rotatable bonds is 2. The van der Waals surface area contributed by atoms with E-state index >= 15 is 0 Å². The van der Waals surface area contributed by atoms with Gasteiger partial charge in [0.1, 0.15) is 17.7 Å². The predicted molar refractivity (Wildman–Crippen MR) is 83.9 cm³/mol. The molecule has 128 valence electrons. The van der Waals surface area contributed by atoms with E-state index in [0.717, 1.165) is 30.9 Å². The third-order valence-corrected chi connectivity index (χ3v) is 4.90. The summed E-state index contributed by atoms with van der Waals surface area (Å²) in [7, 11) is 1.92. The summed E-state index contributed by atoms with van der Waals surface area (Å²) < 4.78 is 35.1. The number of nitrogens with two attached hydrogens (primary N) is 1. The minimum Gasteiger partial charge on any atom is -0.370 e. The molecule has 0 saturated carbocycles. The van der Waals surface area contributed by atoms with Gasteiger partial charge in [0.25, 0.3) is 0 Å². The topological polar surface area (TPSA) is 56.3 Å². The molecular weight excluding hydrogens is 314 g/mol. The maximum atomic E-state index is 14.0. The van der Waals surface area contributed by atoms with Crippen molar-refractivity contribution in [2.75, 3.05) is 6.61 Å². The minimum absolute atomic E-state index is 0.160. The molecule has 4 rings (SSSR count). The molecule has 7 heteroatoms. The summed E-state index contributed by atoms with van der Waals surface area (Å²) in [5.74, 6) is -0.959. The first kappa shape index (κ1) is 15.7. The lowest BCUT2D eigenvalue weighted by molar-refractivity contribution is -0.0533. The summed E-state index contributed by atoms with van der Waals surface area (Å²) in [5, 5.41) is 4.45. The number of aryl methyl sites for hydroxylation is 1. The molecule has 1 aromatic carbocycles. The van der Waals surface area contributed by atoms with Crippen LogP contribution in [0.25, 0.3) is 0 Å². The molecule has 2 aromatic rings. The Morgan fingerprint density at radius 3 is 2.88 bits per heavy atom. The van der Waals surface area contributed by atoms with Crippen LogP contribution < -0.4 is 5.73 Å². The molecule has 5 nitrogen and oxygen atoms in total. The summed E-state index contributed by atoms with van der Waals surface area (Å²) in [6.45, 7) is 2.05. The normalized spacial score (nSPS) is 27.4. The molecule has 2 N–H and O–H groups in total. The Bertz CT molecular complexity index is 740. The van der Waals surface area contributed by atoms with Gasteiger partial charge < -0.3 is 10.5 Å². The molecule has 3 atom stereocenters. The van der Waals surface area contributed by atoms with Gasteiger partial charge in [0.2, 0.25) is 0 Å². The number of benzene rings is 1. The van der Waals surface area contributed by atoms with Crippen LogP contribution in [0.4, 0.5) is 8.78 Å². The molecule has 0 amide bonds. The average Bonchev–Trinajstić information content (AvgIpc) is 3.07. The van der Waals surface area contributed by atoms with Gasteiger partial charge in [-0.1, -0.05) is 0 Å². The Hall–Kier alpha value is -1.83. The van der Waals surface area contributed by atoms with Crippen molar-refractivity contribution in [1.82, 2.24) is 14.7 Å². The molecular formula is C17H20F2N4O. The maximum absolute atomic E-state index is 14.0. The van der Waals surface area contributed by atoms with E-state index in [1.165, 1.54) is 11.6 Å². The molecule has 3 heterocycles. The Balaban J connectivity index is 1.45. The first-order valence-electron chi connectivity index (χ1n) is 8.09. The van der Waals surface area contributed by atoms with E-state index in [-0.39, 0.29) is 17.6 Å². The van der Waals surface area contributed by atoms with Crippen molar-refractivity contribution >= 4 is 0 Å². The van der Waals surface area contributed by atoms with Gasteiger partial charge in [0.05, 0.1) is 12.3 Å². The van der Waals surface area contributed by atoms with Crippen LogP contribution in [-0.2, 0) is 24.9 Å². The van der Waals surface area contributed by atoms with Crippen LogP contribution in [0.2, 0.25) is 0 Å². The van der Waals surface area contributed by atoms with E-state index in [2.05, 4.69) is 10.00 Å². The van der Waals surface area contributed by atoms with Gasteiger partial charge in [-0.2, -0.15) is 5.10 Å². The van der Waals surface area contributed by atoms with Crippen molar-refractivity contribution in [3.8, 4) is 0 Å². The Morgan fingerprint density at radius 1 is 1.29 bits per heavy atom. The second-order valence-electron chi connectivity index (χ2n) is 6.65. The number of ether oxygens (including phenoxy) is 1. The van der Waals surface area contributed by atoms with E-state index in [1.807, 2.05) is 17.9 Å². The Morgan fingerprint density at radius 2 is 2.12 bits per heavy atom. The fraction of sp³-hybridized carbons (Fsp3) is 0.471. The van der Waals surface area contributed by atoms with E-state index in [4.69, 9.17) is 10.5 Å². The zero-order valence-electron chi connectivity index (χ0n) is 13.5. The Kier molecular flexibility index (Phi) is 3.86. The lowest BCUT2D eigenvalue weighted by Gasteiger charge is -2.38. The van der Waals surface area contributed by atoms with Crippen LogP contribution in [0.1, 0.15) is 29.3 Å². The standard InChI is InChI=1S/C17H20F2N4O/c1-22-6-10-7-23(8-16(10)21-22)12-5-15(20)17(24-9-12)13-4-11(18)2-3-14(13)19/h2-4,6,12,15,17H,5,7-9,20H2,1H3/t12-,15+,17?/m1/s1. The number of halogens is 2. The van der Waals surface area contributed by atoms with Gasteiger partial charge in [-0.15, -0.1) is 0 Å². The second-order valence-corrected chi connectivity index (χ2v) is 6.65. The molecule has 1 unspecified atom stereocenters. The van der Waals surface area contributed by atoms with Crippen LogP contribution in [-0.4, -0.2) is 33.4 Å².